The van der Waals surface area contributed by atoms with Gasteiger partial charge in [0.15, 0.2) is 0 Å². The van der Waals surface area contributed by atoms with E-state index in [1.54, 1.807) is 11.3 Å². The summed E-state index contributed by atoms with van der Waals surface area (Å²) < 4.78 is 0. The molecule has 0 radical (unpaired) electrons. The highest BCUT2D eigenvalue weighted by molar-refractivity contribution is 7.15. The standard InChI is InChI=1S/C22H21N3OS/c1-14(12-17-13-23-19-11-7-6-10-18(17)19)24-21(26)20-15(2)27-22(25-20)16-8-4-3-5-9-16/h3-11,13-14,23H,12H2,1-2H3,(H,24,26)/t14-/m0/s1. The molecule has 0 fully saturated rings. The Morgan fingerprint density at radius 3 is 2.70 bits per heavy atom. The number of carbonyl (C=O) groups is 1. The number of hydrogen-bond donors (Lipinski definition) is 2. The maximum atomic E-state index is 12.7. The van der Waals surface area contributed by atoms with Gasteiger partial charge in [0.25, 0.3) is 5.91 Å². The Bertz CT molecular complexity index is 1080. The Kier molecular flexibility index (Phi) is 4.77. The van der Waals surface area contributed by atoms with Gasteiger partial charge in [-0.1, -0.05) is 48.5 Å². The van der Waals surface area contributed by atoms with E-state index < -0.39 is 0 Å². The maximum absolute atomic E-state index is 12.7. The van der Waals surface area contributed by atoms with Crippen molar-refractivity contribution in [3.63, 3.8) is 0 Å². The summed E-state index contributed by atoms with van der Waals surface area (Å²) >= 11 is 1.55. The first-order valence-electron chi connectivity index (χ1n) is 9.00. The normalized spacial score (nSPS) is 12.2. The number of rotatable bonds is 5. The molecule has 4 aromatic rings. The lowest BCUT2D eigenvalue weighted by atomic mass is 10.1. The third kappa shape index (κ3) is 3.64. The summed E-state index contributed by atoms with van der Waals surface area (Å²) in [7, 11) is 0. The number of aromatic nitrogens is 2. The predicted octanol–water partition coefficient (Wildman–Crippen LogP) is 4.96. The first-order chi connectivity index (χ1) is 13.1. The average Bonchev–Trinajstić information content (AvgIpc) is 3.26. The van der Waals surface area contributed by atoms with Crippen LogP contribution in [0.2, 0.25) is 0 Å². The number of benzene rings is 2. The monoisotopic (exact) mass is 375 g/mol. The number of amides is 1. The quantitative estimate of drug-likeness (QED) is 0.518. The maximum Gasteiger partial charge on any atom is 0.271 e. The molecule has 1 atom stereocenters. The van der Waals surface area contributed by atoms with Crippen LogP contribution < -0.4 is 5.32 Å². The summed E-state index contributed by atoms with van der Waals surface area (Å²) in [6.07, 6.45) is 2.79. The van der Waals surface area contributed by atoms with Crippen LogP contribution in [0.15, 0.2) is 60.8 Å². The molecule has 0 aliphatic heterocycles. The summed E-state index contributed by atoms with van der Waals surface area (Å²) in [5.74, 6) is -0.113. The van der Waals surface area contributed by atoms with Crippen LogP contribution in [-0.4, -0.2) is 21.9 Å². The minimum Gasteiger partial charge on any atom is -0.361 e. The number of aromatic amines is 1. The molecule has 0 aliphatic rings. The number of carbonyl (C=O) groups excluding carboxylic acids is 1. The van der Waals surface area contributed by atoms with Crippen LogP contribution in [0, 0.1) is 6.92 Å². The van der Waals surface area contributed by atoms with Gasteiger partial charge in [0.1, 0.15) is 10.7 Å². The Morgan fingerprint density at radius 1 is 1.15 bits per heavy atom. The third-order valence-corrected chi connectivity index (χ3v) is 5.63. The molecule has 0 unspecified atom stereocenters. The van der Waals surface area contributed by atoms with Gasteiger partial charge < -0.3 is 10.3 Å². The van der Waals surface area contributed by atoms with Gasteiger partial charge in [-0.2, -0.15) is 0 Å². The van der Waals surface area contributed by atoms with Crippen molar-refractivity contribution < 1.29 is 4.79 Å². The van der Waals surface area contributed by atoms with Crippen molar-refractivity contribution in [3.05, 3.63) is 76.9 Å². The minimum absolute atomic E-state index is 0.0120. The summed E-state index contributed by atoms with van der Waals surface area (Å²) in [5, 5.41) is 5.18. The van der Waals surface area contributed by atoms with Gasteiger partial charge in [-0.3, -0.25) is 4.79 Å². The molecule has 0 saturated carbocycles. The van der Waals surface area contributed by atoms with Gasteiger partial charge >= 0.3 is 0 Å². The highest BCUT2D eigenvalue weighted by Crippen LogP contribution is 2.27. The predicted molar refractivity (Wildman–Crippen MR) is 111 cm³/mol. The lowest BCUT2D eigenvalue weighted by Gasteiger charge is -2.13. The average molecular weight is 375 g/mol. The van der Waals surface area contributed by atoms with Gasteiger partial charge in [-0.15, -0.1) is 11.3 Å². The first kappa shape index (κ1) is 17.5. The van der Waals surface area contributed by atoms with E-state index in [1.807, 2.05) is 62.5 Å². The SMILES string of the molecule is Cc1sc(-c2ccccc2)nc1C(=O)N[C@@H](C)Cc1c[nH]c2ccccc12. The molecule has 27 heavy (non-hydrogen) atoms. The molecule has 4 nitrogen and oxygen atoms in total. The molecule has 2 aromatic carbocycles. The molecule has 2 aromatic heterocycles. The van der Waals surface area contributed by atoms with Crippen molar-refractivity contribution in [2.45, 2.75) is 26.3 Å². The zero-order chi connectivity index (χ0) is 18.8. The third-order valence-electron chi connectivity index (χ3n) is 4.61. The van der Waals surface area contributed by atoms with Gasteiger partial charge in [0, 0.05) is 33.6 Å². The van der Waals surface area contributed by atoms with Gasteiger partial charge in [-0.25, -0.2) is 4.98 Å². The fraction of sp³-hybridized carbons (Fsp3) is 0.182. The van der Waals surface area contributed by atoms with Gasteiger partial charge in [0.2, 0.25) is 0 Å². The van der Waals surface area contributed by atoms with E-state index in [9.17, 15) is 4.79 Å². The molecule has 4 rings (SSSR count). The summed E-state index contributed by atoms with van der Waals surface area (Å²) in [6.45, 7) is 3.98. The fourth-order valence-corrected chi connectivity index (χ4v) is 4.20. The Hall–Kier alpha value is -2.92. The van der Waals surface area contributed by atoms with Gasteiger partial charge in [-0.05, 0) is 31.9 Å². The largest absolute Gasteiger partial charge is 0.361 e. The summed E-state index contributed by atoms with van der Waals surface area (Å²) in [5.41, 5.74) is 3.88. The van der Waals surface area contributed by atoms with Crippen LogP contribution in [0.5, 0.6) is 0 Å². The second-order valence-electron chi connectivity index (χ2n) is 6.73. The zero-order valence-electron chi connectivity index (χ0n) is 15.3. The van der Waals surface area contributed by atoms with E-state index in [0.29, 0.717) is 5.69 Å². The van der Waals surface area contributed by atoms with Gasteiger partial charge in [0.05, 0.1) is 0 Å². The Morgan fingerprint density at radius 2 is 1.89 bits per heavy atom. The number of nitrogens with one attached hydrogen (secondary N) is 2. The lowest BCUT2D eigenvalue weighted by Crippen LogP contribution is -2.34. The summed E-state index contributed by atoms with van der Waals surface area (Å²) in [4.78, 5) is 21.5. The van der Waals surface area contributed by atoms with E-state index >= 15 is 0 Å². The highest BCUT2D eigenvalue weighted by Gasteiger charge is 2.18. The van der Waals surface area contributed by atoms with E-state index in [2.05, 4.69) is 27.4 Å². The number of fused-ring (bicyclic) bond motifs is 1. The molecule has 2 heterocycles. The van der Waals surface area contributed by atoms with Crippen molar-refractivity contribution in [2.24, 2.45) is 0 Å². The highest BCUT2D eigenvalue weighted by atomic mass is 32.1. The second kappa shape index (κ2) is 7.37. The summed E-state index contributed by atoms with van der Waals surface area (Å²) in [6, 6.07) is 18.2. The van der Waals surface area contributed by atoms with E-state index in [1.165, 1.54) is 10.9 Å². The molecule has 0 saturated heterocycles. The Labute approximate surface area is 162 Å². The van der Waals surface area contributed by atoms with E-state index in [0.717, 1.165) is 27.4 Å². The number of nitrogens with zero attached hydrogens (tertiary/aromatic N) is 1. The topological polar surface area (TPSA) is 57.8 Å². The van der Waals surface area contributed by atoms with Crippen LogP contribution in [-0.2, 0) is 6.42 Å². The number of H-pyrrole nitrogens is 1. The zero-order valence-corrected chi connectivity index (χ0v) is 16.1. The molecule has 0 spiro atoms. The van der Waals surface area contributed by atoms with Crippen molar-refractivity contribution in [2.75, 3.05) is 0 Å². The van der Waals surface area contributed by atoms with Crippen LogP contribution in [0.25, 0.3) is 21.5 Å². The van der Waals surface area contributed by atoms with Crippen LogP contribution >= 0.6 is 11.3 Å². The molecular formula is C22H21N3OS. The lowest BCUT2D eigenvalue weighted by molar-refractivity contribution is 0.0935. The van der Waals surface area contributed by atoms with E-state index in [-0.39, 0.29) is 11.9 Å². The molecular weight excluding hydrogens is 354 g/mol. The Balaban J connectivity index is 1.48. The molecule has 0 aliphatic carbocycles. The molecule has 136 valence electrons. The molecule has 0 bridgehead atoms. The van der Waals surface area contributed by atoms with Crippen molar-refractivity contribution in [3.8, 4) is 10.6 Å². The van der Waals surface area contributed by atoms with Crippen molar-refractivity contribution in [1.82, 2.24) is 15.3 Å². The number of para-hydroxylation sites is 1. The number of hydrogen-bond acceptors (Lipinski definition) is 3. The smallest absolute Gasteiger partial charge is 0.271 e. The van der Waals surface area contributed by atoms with E-state index in [4.69, 9.17) is 0 Å². The van der Waals surface area contributed by atoms with Crippen LogP contribution in [0.3, 0.4) is 0 Å². The van der Waals surface area contributed by atoms with Crippen LogP contribution in [0.1, 0.15) is 27.9 Å². The number of thiazole rings is 1. The van der Waals surface area contributed by atoms with Crippen molar-refractivity contribution in [1.29, 1.82) is 0 Å². The molecule has 2 N–H and O–H groups in total. The fourth-order valence-electron chi connectivity index (χ4n) is 3.28. The van der Waals surface area contributed by atoms with Crippen molar-refractivity contribution >= 4 is 28.1 Å². The molecule has 5 heteroatoms. The first-order valence-corrected chi connectivity index (χ1v) is 9.82. The van der Waals surface area contributed by atoms with Crippen LogP contribution in [0.4, 0.5) is 0 Å². The molecule has 1 amide bonds. The number of aryl methyl sites for hydroxylation is 1. The minimum atomic E-state index is -0.113. The second-order valence-corrected chi connectivity index (χ2v) is 7.93.